The van der Waals surface area contributed by atoms with Crippen LogP contribution >= 0.6 is 0 Å². The van der Waals surface area contributed by atoms with Crippen molar-refractivity contribution in [3.8, 4) is 0 Å². The lowest BCUT2D eigenvalue weighted by molar-refractivity contribution is -0.121. The van der Waals surface area contributed by atoms with Gasteiger partial charge in [0.1, 0.15) is 5.52 Å². The molecule has 0 unspecified atom stereocenters. The summed E-state index contributed by atoms with van der Waals surface area (Å²) in [6.07, 6.45) is 2.94. The quantitative estimate of drug-likeness (QED) is 0.560. The maximum atomic E-state index is 11.9. The van der Waals surface area contributed by atoms with Crippen LogP contribution in [0.5, 0.6) is 0 Å². The van der Waals surface area contributed by atoms with Gasteiger partial charge in [0, 0.05) is 6.42 Å². The first-order chi connectivity index (χ1) is 11.8. The molecule has 1 N–H and O–H groups in total. The van der Waals surface area contributed by atoms with E-state index >= 15 is 0 Å². The van der Waals surface area contributed by atoms with E-state index in [1.807, 2.05) is 36.4 Å². The standard InChI is InChI=1S/C18H19N5O/c1-2-14-7-9-15(10-8-14)13-19-21-18(24)11-12-23-17-6-4-3-5-16(17)20-22-23/h3-10,13H,2,11-12H2,1H3,(H,21,24)/b19-13+. The molecule has 2 aromatic carbocycles. The van der Waals surface area contributed by atoms with Crippen LogP contribution in [0.4, 0.5) is 0 Å². The molecule has 1 aromatic heterocycles. The van der Waals surface area contributed by atoms with E-state index in [1.54, 1.807) is 10.9 Å². The molecule has 0 atom stereocenters. The van der Waals surface area contributed by atoms with Gasteiger partial charge in [-0.3, -0.25) is 4.79 Å². The molecular weight excluding hydrogens is 302 g/mol. The van der Waals surface area contributed by atoms with Crippen molar-refractivity contribution in [3.63, 3.8) is 0 Å². The molecule has 0 bridgehead atoms. The van der Waals surface area contributed by atoms with Crippen molar-refractivity contribution in [3.05, 3.63) is 59.7 Å². The smallest absolute Gasteiger partial charge is 0.241 e. The molecule has 0 aliphatic carbocycles. The zero-order valence-electron chi connectivity index (χ0n) is 13.5. The summed E-state index contributed by atoms with van der Waals surface area (Å²) >= 11 is 0. The lowest BCUT2D eigenvalue weighted by Crippen LogP contribution is -2.19. The summed E-state index contributed by atoms with van der Waals surface area (Å²) in [5, 5.41) is 12.1. The Morgan fingerprint density at radius 1 is 1.21 bits per heavy atom. The van der Waals surface area contributed by atoms with Crippen LogP contribution in [0.1, 0.15) is 24.5 Å². The molecule has 0 fully saturated rings. The summed E-state index contributed by atoms with van der Waals surface area (Å²) in [6.45, 7) is 2.58. The summed E-state index contributed by atoms with van der Waals surface area (Å²) in [5.41, 5.74) is 6.51. The van der Waals surface area contributed by atoms with Crippen LogP contribution in [-0.4, -0.2) is 27.1 Å². The van der Waals surface area contributed by atoms with Crippen LogP contribution < -0.4 is 5.43 Å². The molecule has 0 aliphatic rings. The first-order valence-electron chi connectivity index (χ1n) is 7.95. The number of carbonyl (C=O) groups is 1. The van der Waals surface area contributed by atoms with Crippen molar-refractivity contribution < 1.29 is 4.79 Å². The lowest BCUT2D eigenvalue weighted by atomic mass is 10.1. The summed E-state index contributed by atoms with van der Waals surface area (Å²) in [6, 6.07) is 15.7. The van der Waals surface area contributed by atoms with Gasteiger partial charge in [-0.05, 0) is 29.7 Å². The largest absolute Gasteiger partial charge is 0.273 e. The van der Waals surface area contributed by atoms with Crippen LogP contribution in [0.15, 0.2) is 53.6 Å². The van der Waals surface area contributed by atoms with Crippen molar-refractivity contribution in [1.29, 1.82) is 0 Å². The van der Waals surface area contributed by atoms with Gasteiger partial charge in [0.15, 0.2) is 0 Å². The molecule has 0 aliphatic heterocycles. The monoisotopic (exact) mass is 321 g/mol. The molecule has 3 aromatic rings. The van der Waals surface area contributed by atoms with Crippen molar-refractivity contribution in [2.24, 2.45) is 5.10 Å². The molecule has 1 amide bonds. The second-order valence-corrected chi connectivity index (χ2v) is 5.44. The van der Waals surface area contributed by atoms with Gasteiger partial charge >= 0.3 is 0 Å². The number of fused-ring (bicyclic) bond motifs is 1. The third-order valence-electron chi connectivity index (χ3n) is 3.76. The highest BCUT2D eigenvalue weighted by Gasteiger charge is 2.05. The summed E-state index contributed by atoms with van der Waals surface area (Å²) in [4.78, 5) is 11.9. The van der Waals surface area contributed by atoms with Gasteiger partial charge in [-0.1, -0.05) is 48.5 Å². The van der Waals surface area contributed by atoms with Crippen LogP contribution in [0.3, 0.4) is 0 Å². The number of benzene rings is 2. The maximum absolute atomic E-state index is 11.9. The molecule has 0 saturated heterocycles. The van der Waals surface area contributed by atoms with Gasteiger partial charge < -0.3 is 0 Å². The molecule has 24 heavy (non-hydrogen) atoms. The number of aryl methyl sites for hydroxylation is 2. The normalized spacial score (nSPS) is 11.2. The molecule has 6 heteroatoms. The average Bonchev–Trinajstić information content (AvgIpc) is 3.04. The van der Waals surface area contributed by atoms with Crippen LogP contribution in [0.2, 0.25) is 0 Å². The van der Waals surface area contributed by atoms with Gasteiger partial charge in [-0.15, -0.1) is 5.10 Å². The van der Waals surface area contributed by atoms with E-state index in [1.165, 1.54) is 5.56 Å². The summed E-state index contributed by atoms with van der Waals surface area (Å²) < 4.78 is 1.72. The number of para-hydroxylation sites is 1. The number of aromatic nitrogens is 3. The Bertz CT molecular complexity index is 851. The minimum absolute atomic E-state index is 0.156. The van der Waals surface area contributed by atoms with Crippen molar-refractivity contribution in [2.75, 3.05) is 0 Å². The zero-order chi connectivity index (χ0) is 16.8. The topological polar surface area (TPSA) is 72.2 Å². The van der Waals surface area contributed by atoms with E-state index in [0.29, 0.717) is 13.0 Å². The number of nitrogens with zero attached hydrogens (tertiary/aromatic N) is 4. The predicted octanol–water partition coefficient (Wildman–Crippen LogP) is 2.53. The minimum atomic E-state index is -0.156. The van der Waals surface area contributed by atoms with Crippen LogP contribution in [0.25, 0.3) is 11.0 Å². The fourth-order valence-corrected chi connectivity index (χ4v) is 2.36. The van der Waals surface area contributed by atoms with Crippen molar-refractivity contribution in [1.82, 2.24) is 20.4 Å². The Balaban J connectivity index is 1.51. The molecule has 0 saturated carbocycles. The second kappa shape index (κ2) is 7.50. The third-order valence-corrected chi connectivity index (χ3v) is 3.76. The Morgan fingerprint density at radius 3 is 2.79 bits per heavy atom. The summed E-state index contributed by atoms with van der Waals surface area (Å²) in [7, 11) is 0. The second-order valence-electron chi connectivity index (χ2n) is 5.44. The Morgan fingerprint density at radius 2 is 2.00 bits per heavy atom. The maximum Gasteiger partial charge on any atom is 0.241 e. The van der Waals surface area contributed by atoms with E-state index in [9.17, 15) is 4.79 Å². The Labute approximate surface area is 140 Å². The van der Waals surface area contributed by atoms with Crippen LogP contribution in [0, 0.1) is 0 Å². The fourth-order valence-electron chi connectivity index (χ4n) is 2.36. The number of hydrogen-bond donors (Lipinski definition) is 1. The highest BCUT2D eigenvalue weighted by atomic mass is 16.2. The molecular formula is C18H19N5O. The SMILES string of the molecule is CCc1ccc(/C=N/NC(=O)CCn2nnc3ccccc32)cc1. The van der Waals surface area contributed by atoms with E-state index in [2.05, 4.69) is 39.9 Å². The first-order valence-corrected chi connectivity index (χ1v) is 7.95. The van der Waals surface area contributed by atoms with Crippen LogP contribution in [-0.2, 0) is 17.8 Å². The number of nitrogens with one attached hydrogen (secondary N) is 1. The van der Waals surface area contributed by atoms with Gasteiger partial charge in [0.25, 0.3) is 0 Å². The number of amides is 1. The number of rotatable bonds is 6. The molecule has 6 nitrogen and oxygen atoms in total. The molecule has 1 heterocycles. The highest BCUT2D eigenvalue weighted by molar-refractivity contribution is 5.82. The highest BCUT2D eigenvalue weighted by Crippen LogP contribution is 2.09. The Kier molecular flexibility index (Phi) is 4.96. The van der Waals surface area contributed by atoms with E-state index in [0.717, 1.165) is 23.0 Å². The average molecular weight is 321 g/mol. The first kappa shape index (κ1) is 15.9. The third kappa shape index (κ3) is 3.84. The van der Waals surface area contributed by atoms with Gasteiger partial charge in [-0.2, -0.15) is 5.10 Å². The number of hydrogen-bond acceptors (Lipinski definition) is 4. The van der Waals surface area contributed by atoms with Crippen molar-refractivity contribution in [2.45, 2.75) is 26.3 Å². The van der Waals surface area contributed by atoms with E-state index in [4.69, 9.17) is 0 Å². The van der Waals surface area contributed by atoms with Gasteiger partial charge in [0.2, 0.25) is 5.91 Å². The molecule has 122 valence electrons. The van der Waals surface area contributed by atoms with E-state index < -0.39 is 0 Å². The fraction of sp³-hybridized carbons (Fsp3) is 0.222. The molecule has 0 radical (unpaired) electrons. The Hall–Kier alpha value is -3.02. The van der Waals surface area contributed by atoms with Crippen molar-refractivity contribution >= 4 is 23.2 Å². The van der Waals surface area contributed by atoms with Gasteiger partial charge in [-0.25, -0.2) is 10.1 Å². The molecule has 3 rings (SSSR count). The lowest BCUT2D eigenvalue weighted by Gasteiger charge is -2.02. The summed E-state index contributed by atoms with van der Waals surface area (Å²) in [5.74, 6) is -0.156. The number of carbonyl (C=O) groups excluding carboxylic acids is 1. The zero-order valence-corrected chi connectivity index (χ0v) is 13.5. The minimum Gasteiger partial charge on any atom is -0.273 e. The van der Waals surface area contributed by atoms with E-state index in [-0.39, 0.29) is 5.91 Å². The number of hydrazone groups is 1. The molecule has 0 spiro atoms. The van der Waals surface area contributed by atoms with Gasteiger partial charge in [0.05, 0.1) is 18.3 Å². The predicted molar refractivity (Wildman–Crippen MR) is 93.7 cm³/mol.